The highest BCUT2D eigenvalue weighted by molar-refractivity contribution is 5.85. The molecule has 5 rings (SSSR count). The molecule has 4 aromatic rings. The van der Waals surface area contributed by atoms with Crippen molar-refractivity contribution in [2.45, 2.75) is 37.4 Å². The minimum atomic E-state index is -4.65. The number of halogens is 5. The van der Waals surface area contributed by atoms with E-state index in [0.717, 1.165) is 17.0 Å². The van der Waals surface area contributed by atoms with E-state index in [1.165, 1.54) is 12.1 Å². The van der Waals surface area contributed by atoms with Crippen molar-refractivity contribution in [3.63, 3.8) is 0 Å². The number of alkyl halides is 5. The first kappa shape index (κ1) is 22.9. The van der Waals surface area contributed by atoms with Crippen LogP contribution >= 0.6 is 0 Å². The van der Waals surface area contributed by atoms with Crippen LogP contribution in [-0.4, -0.2) is 36.5 Å². The van der Waals surface area contributed by atoms with Gasteiger partial charge in [-0.15, -0.1) is 0 Å². The summed E-state index contributed by atoms with van der Waals surface area (Å²) < 4.78 is 68.9. The number of anilines is 3. The number of aromatic nitrogens is 5. The van der Waals surface area contributed by atoms with Crippen LogP contribution in [0.5, 0.6) is 0 Å². The fourth-order valence-electron chi connectivity index (χ4n) is 4.11. The van der Waals surface area contributed by atoms with Crippen LogP contribution in [0.15, 0.2) is 48.5 Å². The molecule has 2 N–H and O–H groups in total. The molecule has 1 aliphatic rings. The number of para-hydroxylation sites is 1. The fourth-order valence-corrected chi connectivity index (χ4v) is 4.11. The third-order valence-corrected chi connectivity index (χ3v) is 5.83. The second kappa shape index (κ2) is 8.43. The Bertz CT molecular complexity index is 1380. The van der Waals surface area contributed by atoms with Crippen LogP contribution in [0.25, 0.3) is 22.4 Å². The summed E-state index contributed by atoms with van der Waals surface area (Å²) in [6.07, 6.45) is -5.09. The number of hydrogen-bond donors (Lipinski definition) is 2. The Hall–Kier alpha value is -3.83. The smallest absolute Gasteiger partial charge is 0.351 e. The maximum Gasteiger partial charge on any atom is 0.433 e. The van der Waals surface area contributed by atoms with E-state index in [-0.39, 0.29) is 42.7 Å². The quantitative estimate of drug-likeness (QED) is 0.346. The van der Waals surface area contributed by atoms with Crippen molar-refractivity contribution in [1.82, 2.24) is 24.5 Å². The summed E-state index contributed by atoms with van der Waals surface area (Å²) in [5.74, 6) is -2.29. The van der Waals surface area contributed by atoms with E-state index in [1.54, 1.807) is 0 Å². The maximum atomic E-state index is 13.7. The molecule has 7 nitrogen and oxygen atoms in total. The Balaban J connectivity index is 1.53. The molecule has 0 bridgehead atoms. The lowest BCUT2D eigenvalue weighted by molar-refractivity contribution is -0.141. The molecule has 0 spiro atoms. The van der Waals surface area contributed by atoms with E-state index in [0.29, 0.717) is 5.82 Å². The van der Waals surface area contributed by atoms with E-state index >= 15 is 0 Å². The van der Waals surface area contributed by atoms with Gasteiger partial charge < -0.3 is 15.2 Å². The number of nitrogens with zero attached hydrogens (tertiary/aromatic N) is 5. The van der Waals surface area contributed by atoms with Crippen molar-refractivity contribution in [3.05, 3.63) is 54.2 Å². The molecule has 1 saturated carbocycles. The van der Waals surface area contributed by atoms with Gasteiger partial charge >= 0.3 is 6.18 Å². The Morgan fingerprint density at radius 1 is 0.971 bits per heavy atom. The lowest BCUT2D eigenvalue weighted by Gasteiger charge is -2.15. The summed E-state index contributed by atoms with van der Waals surface area (Å²) in [5.41, 5.74) is -0.277. The number of pyridine rings is 1. The third kappa shape index (κ3) is 4.86. The Morgan fingerprint density at radius 3 is 2.46 bits per heavy atom. The Kier molecular flexibility index (Phi) is 5.53. The van der Waals surface area contributed by atoms with Crippen LogP contribution in [0, 0.1) is 0 Å². The van der Waals surface area contributed by atoms with Crippen LogP contribution in [-0.2, 0) is 13.2 Å². The summed E-state index contributed by atoms with van der Waals surface area (Å²) in [6, 6.07) is 12.3. The van der Waals surface area contributed by atoms with Crippen molar-refractivity contribution in [2.24, 2.45) is 7.05 Å². The van der Waals surface area contributed by atoms with Gasteiger partial charge in [-0.2, -0.15) is 28.1 Å². The van der Waals surface area contributed by atoms with Crippen molar-refractivity contribution in [2.75, 3.05) is 10.6 Å². The average molecular weight is 489 g/mol. The average Bonchev–Trinajstić information content (AvgIpc) is 3.31. The number of rotatable bonds is 5. The number of fused-ring (bicyclic) bond motifs is 1. The summed E-state index contributed by atoms with van der Waals surface area (Å²) in [6.45, 7) is 0. The van der Waals surface area contributed by atoms with E-state index in [9.17, 15) is 22.0 Å². The minimum absolute atomic E-state index is 0.0295. The molecule has 1 aliphatic carbocycles. The summed E-state index contributed by atoms with van der Waals surface area (Å²) in [4.78, 5) is 16.4. The summed E-state index contributed by atoms with van der Waals surface area (Å²) in [7, 11) is 1.83. The van der Waals surface area contributed by atoms with E-state index in [1.807, 2.05) is 41.9 Å². The van der Waals surface area contributed by atoms with Gasteiger partial charge in [-0.25, -0.2) is 13.8 Å². The van der Waals surface area contributed by atoms with E-state index in [4.69, 9.17) is 0 Å². The van der Waals surface area contributed by atoms with E-state index < -0.39 is 23.8 Å². The molecule has 1 aromatic carbocycles. The molecular formula is C23H20F5N7. The summed E-state index contributed by atoms with van der Waals surface area (Å²) >= 11 is 0. The van der Waals surface area contributed by atoms with Gasteiger partial charge in [-0.3, -0.25) is 0 Å². The maximum absolute atomic E-state index is 13.7. The first-order valence-corrected chi connectivity index (χ1v) is 10.8. The first-order chi connectivity index (χ1) is 16.6. The molecule has 12 heteroatoms. The van der Waals surface area contributed by atoms with Crippen molar-refractivity contribution < 1.29 is 22.0 Å². The highest BCUT2D eigenvalue weighted by Gasteiger charge is 2.39. The molecule has 3 aromatic heterocycles. The molecule has 0 radical (unpaired) electrons. The molecule has 182 valence electrons. The molecule has 0 aliphatic heterocycles. The van der Waals surface area contributed by atoms with Gasteiger partial charge in [0.05, 0.1) is 0 Å². The zero-order valence-electron chi connectivity index (χ0n) is 18.4. The first-order valence-electron chi connectivity index (χ1n) is 10.8. The van der Waals surface area contributed by atoms with Crippen LogP contribution < -0.4 is 10.6 Å². The Labute approximate surface area is 196 Å². The number of aryl methyl sites for hydroxylation is 1. The molecule has 0 saturated heterocycles. The lowest BCUT2D eigenvalue weighted by Crippen LogP contribution is -2.21. The zero-order chi connectivity index (χ0) is 24.8. The number of hydrogen-bond acceptors (Lipinski definition) is 6. The van der Waals surface area contributed by atoms with Crippen LogP contribution in [0.1, 0.15) is 25.0 Å². The molecule has 1 atom stereocenters. The minimum Gasteiger partial charge on any atom is -0.351 e. The second-order valence-electron chi connectivity index (χ2n) is 8.42. The van der Waals surface area contributed by atoms with Gasteiger partial charge in [0.15, 0.2) is 5.82 Å². The van der Waals surface area contributed by atoms with Crippen molar-refractivity contribution in [1.29, 1.82) is 0 Å². The molecule has 3 heterocycles. The lowest BCUT2D eigenvalue weighted by atomic mass is 10.2. The Morgan fingerprint density at radius 2 is 1.74 bits per heavy atom. The summed E-state index contributed by atoms with van der Waals surface area (Å²) in [5, 5.41) is 6.90. The fraction of sp³-hybridized carbons (Fsp3) is 0.304. The van der Waals surface area contributed by atoms with E-state index in [2.05, 4.69) is 30.6 Å². The highest BCUT2D eigenvalue weighted by Crippen LogP contribution is 2.36. The van der Waals surface area contributed by atoms with Crippen LogP contribution in [0.2, 0.25) is 0 Å². The molecular weight excluding hydrogens is 469 g/mol. The van der Waals surface area contributed by atoms with Crippen LogP contribution in [0.3, 0.4) is 0 Å². The third-order valence-electron chi connectivity index (χ3n) is 5.83. The van der Waals surface area contributed by atoms with Crippen molar-refractivity contribution >= 4 is 28.6 Å². The van der Waals surface area contributed by atoms with Gasteiger partial charge in [0.25, 0.3) is 0 Å². The number of benzene rings is 1. The predicted molar refractivity (Wildman–Crippen MR) is 120 cm³/mol. The second-order valence-corrected chi connectivity index (χ2v) is 8.42. The van der Waals surface area contributed by atoms with Gasteiger partial charge in [0.2, 0.25) is 17.8 Å². The number of nitrogens with one attached hydrogen (secondary N) is 2. The van der Waals surface area contributed by atoms with Crippen molar-refractivity contribution in [3.8, 4) is 11.5 Å². The monoisotopic (exact) mass is 489 g/mol. The normalized spacial score (nSPS) is 17.6. The largest absolute Gasteiger partial charge is 0.433 e. The SMILES string of the molecule is Cn1c(Nc2nc(NC3CCC(F)(F)C3)nc(-c3cccc(C(F)(F)F)n3)n2)cc2ccccc21. The molecule has 1 unspecified atom stereocenters. The standard InChI is InChI=1S/C23H20F5N7/c1-35-16-7-3-2-5-13(16)11-18(35)31-21-33-19(15-6-4-8-17(30-15)23(26,27)28)32-20(34-21)29-14-9-10-22(24,25)12-14/h2-8,11,14H,9-10,12H2,1H3,(H2,29,31,32,33,34). The topological polar surface area (TPSA) is 80.5 Å². The van der Waals surface area contributed by atoms with Gasteiger partial charge in [0, 0.05) is 36.8 Å². The molecule has 1 fully saturated rings. The zero-order valence-corrected chi connectivity index (χ0v) is 18.4. The van der Waals surface area contributed by atoms with Gasteiger partial charge in [0.1, 0.15) is 17.2 Å². The van der Waals surface area contributed by atoms with Crippen LogP contribution in [0.4, 0.5) is 39.7 Å². The van der Waals surface area contributed by atoms with Gasteiger partial charge in [-0.1, -0.05) is 24.3 Å². The molecule has 35 heavy (non-hydrogen) atoms. The predicted octanol–water partition coefficient (Wildman–Crippen LogP) is 5.79. The highest BCUT2D eigenvalue weighted by atomic mass is 19.4. The van der Waals surface area contributed by atoms with Gasteiger partial charge in [-0.05, 0) is 30.7 Å². The molecule has 0 amide bonds.